The number of fused-ring (bicyclic) bond motifs is 1. The largest absolute Gasteiger partial charge is 0.476 e. The van der Waals surface area contributed by atoms with Crippen molar-refractivity contribution in [2.24, 2.45) is 12.0 Å². The van der Waals surface area contributed by atoms with Gasteiger partial charge in [0.15, 0.2) is 26.1 Å². The fourth-order valence-corrected chi connectivity index (χ4v) is 7.10. The second-order valence-corrected chi connectivity index (χ2v) is 12.0. The number of hydrogen-bond donors (Lipinski definition) is 1. The highest BCUT2D eigenvalue weighted by Crippen LogP contribution is 2.32. The number of benzene rings is 2. The molecular formula is C24H26ClN3O5S2. The number of carboxylic acid groups (broad SMARTS) is 1. The van der Waals surface area contributed by atoms with Gasteiger partial charge in [-0.2, -0.15) is 0 Å². The molecule has 0 saturated carbocycles. The molecule has 0 amide bonds. The summed E-state index contributed by atoms with van der Waals surface area (Å²) in [5, 5.41) is 12.4. The van der Waals surface area contributed by atoms with Crippen LogP contribution in [0.4, 0.5) is 5.00 Å². The first-order valence-corrected chi connectivity index (χ1v) is 14.0. The third-order valence-corrected chi connectivity index (χ3v) is 9.50. The van der Waals surface area contributed by atoms with E-state index in [1.54, 1.807) is 44.4 Å². The average Bonchev–Trinajstić information content (AvgIpc) is 3.18. The molecule has 0 spiro atoms. The van der Waals surface area contributed by atoms with E-state index < -0.39 is 21.8 Å². The summed E-state index contributed by atoms with van der Waals surface area (Å²) in [7, 11) is -0.464. The molecule has 3 aromatic rings. The van der Waals surface area contributed by atoms with E-state index >= 15 is 0 Å². The van der Waals surface area contributed by atoms with Gasteiger partial charge in [0.2, 0.25) is 0 Å². The van der Waals surface area contributed by atoms with E-state index in [4.69, 9.17) is 11.6 Å². The molecule has 186 valence electrons. The number of nitrogens with zero attached hydrogens (tertiary/aromatic N) is 3. The molecule has 1 aliphatic heterocycles. The number of halogens is 1. The molecule has 2 aromatic carbocycles. The van der Waals surface area contributed by atoms with Crippen LogP contribution in [0, 0.1) is 0 Å². The number of Topliss-reactive ketones (excluding diaryl/α,β-unsaturated/α-hetero) is 1. The minimum Gasteiger partial charge on any atom is -0.476 e. The molecule has 1 unspecified atom stereocenters. The van der Waals surface area contributed by atoms with Gasteiger partial charge < -0.3 is 14.6 Å². The number of rotatable bonds is 7. The van der Waals surface area contributed by atoms with E-state index in [9.17, 15) is 23.1 Å². The lowest BCUT2D eigenvalue weighted by Gasteiger charge is -2.35. The van der Waals surface area contributed by atoms with Crippen molar-refractivity contribution < 1.29 is 23.1 Å². The molecule has 2 heterocycles. The predicted molar refractivity (Wildman–Crippen MR) is 137 cm³/mol. The molecule has 1 saturated heterocycles. The van der Waals surface area contributed by atoms with Crippen molar-refractivity contribution in [1.29, 1.82) is 0 Å². The Morgan fingerprint density at radius 2 is 1.89 bits per heavy atom. The van der Waals surface area contributed by atoms with Gasteiger partial charge in [-0.3, -0.25) is 9.79 Å². The first kappa shape index (κ1) is 25.4. The van der Waals surface area contributed by atoms with Crippen molar-refractivity contribution in [2.45, 2.75) is 36.6 Å². The molecule has 0 radical (unpaired) electrons. The molecule has 11 heteroatoms. The van der Waals surface area contributed by atoms with Crippen LogP contribution in [0.15, 0.2) is 46.3 Å². The highest BCUT2D eigenvalue weighted by Gasteiger charge is 2.34. The fraction of sp³-hybridized carbons (Fsp3) is 0.375. The molecule has 4 rings (SSSR count). The highest BCUT2D eigenvalue weighted by molar-refractivity contribution is 7.91. The summed E-state index contributed by atoms with van der Waals surface area (Å²) in [5.41, 5.74) is 0.0826. The number of anilines is 1. The van der Waals surface area contributed by atoms with Gasteiger partial charge in [0.25, 0.3) is 0 Å². The van der Waals surface area contributed by atoms with Crippen LogP contribution in [0.3, 0.4) is 0 Å². The van der Waals surface area contributed by atoms with Crippen LogP contribution in [-0.2, 0) is 21.7 Å². The van der Waals surface area contributed by atoms with Crippen LogP contribution < -0.4 is 9.70 Å². The Hall–Kier alpha value is -2.69. The summed E-state index contributed by atoms with van der Waals surface area (Å²) < 4.78 is 27.6. The number of ketones is 1. The minimum atomic E-state index is -3.69. The van der Waals surface area contributed by atoms with Crippen LogP contribution in [-0.4, -0.2) is 55.2 Å². The van der Waals surface area contributed by atoms with Gasteiger partial charge >= 0.3 is 5.97 Å². The number of aromatic nitrogens is 1. The van der Waals surface area contributed by atoms with Gasteiger partial charge in [-0.05, 0) is 54.3 Å². The molecule has 1 N–H and O–H groups in total. The van der Waals surface area contributed by atoms with E-state index in [1.807, 2.05) is 4.90 Å². The molecule has 1 aromatic heterocycles. The lowest BCUT2D eigenvalue weighted by atomic mass is 9.97. The van der Waals surface area contributed by atoms with Crippen molar-refractivity contribution in [1.82, 2.24) is 4.57 Å². The van der Waals surface area contributed by atoms with Crippen LogP contribution >= 0.6 is 22.9 Å². The smallest absolute Gasteiger partial charge is 0.355 e. The molecular weight excluding hydrogens is 510 g/mol. The van der Waals surface area contributed by atoms with Crippen molar-refractivity contribution in [3.63, 3.8) is 0 Å². The van der Waals surface area contributed by atoms with Crippen molar-refractivity contribution in [3.05, 3.63) is 51.9 Å². The number of carbonyl (C=O) groups excluding carboxylic acids is 1. The Balaban J connectivity index is 1.56. The molecule has 0 aliphatic carbocycles. The fourth-order valence-electron chi connectivity index (χ4n) is 4.48. The number of thiazole rings is 1. The zero-order chi connectivity index (χ0) is 25.3. The van der Waals surface area contributed by atoms with E-state index in [0.29, 0.717) is 27.8 Å². The van der Waals surface area contributed by atoms with E-state index in [2.05, 4.69) is 4.99 Å². The molecule has 1 fully saturated rings. The first-order valence-electron chi connectivity index (χ1n) is 11.2. The lowest BCUT2D eigenvalue weighted by Crippen LogP contribution is -2.45. The summed E-state index contributed by atoms with van der Waals surface area (Å²) in [4.78, 5) is 31.9. The standard InChI is InChI=1S/C24H26ClN3O5S2/c1-26-24-27(2)21(23(30)31)22(34-24)28-11-4-3-5-19(28)20(29)10-12-35(32,33)18-9-7-15-13-17(25)8-6-16(15)14-18/h6-9,13-14,19H,3-5,10-12H2,1-2H3,(H,30,31). The van der Waals surface area contributed by atoms with Gasteiger partial charge in [0.1, 0.15) is 5.00 Å². The predicted octanol–water partition coefficient (Wildman–Crippen LogP) is 3.91. The Bertz CT molecular complexity index is 1480. The first-order chi connectivity index (χ1) is 16.6. The zero-order valence-corrected chi connectivity index (χ0v) is 21.8. The number of sulfone groups is 1. The Labute approximate surface area is 212 Å². The lowest BCUT2D eigenvalue weighted by molar-refractivity contribution is -0.120. The maximum absolute atomic E-state index is 13.3. The molecule has 1 atom stereocenters. The maximum atomic E-state index is 13.3. The summed E-state index contributed by atoms with van der Waals surface area (Å²) in [6, 6.07) is 9.50. The number of aromatic carboxylic acids is 1. The third kappa shape index (κ3) is 5.14. The molecule has 8 nitrogen and oxygen atoms in total. The quantitative estimate of drug-likeness (QED) is 0.491. The van der Waals surface area contributed by atoms with Gasteiger partial charge in [0.05, 0.1) is 16.7 Å². The number of piperidine rings is 1. The van der Waals surface area contributed by atoms with E-state index in [1.165, 1.54) is 22.0 Å². The second-order valence-electron chi connectivity index (χ2n) is 8.52. The number of hydrogen-bond acceptors (Lipinski definition) is 7. The summed E-state index contributed by atoms with van der Waals surface area (Å²) in [6.45, 7) is 0.528. The van der Waals surface area contributed by atoms with E-state index in [-0.39, 0.29) is 28.5 Å². The van der Waals surface area contributed by atoms with Gasteiger partial charge in [-0.15, -0.1) is 0 Å². The third-order valence-electron chi connectivity index (χ3n) is 6.29. The topological polar surface area (TPSA) is 109 Å². The van der Waals surface area contributed by atoms with Crippen LogP contribution in [0.1, 0.15) is 36.2 Å². The normalized spacial score (nSPS) is 17.2. The van der Waals surface area contributed by atoms with Crippen molar-refractivity contribution in [3.8, 4) is 0 Å². The average molecular weight is 536 g/mol. The maximum Gasteiger partial charge on any atom is 0.355 e. The number of carboxylic acids is 1. The minimum absolute atomic E-state index is 0.0826. The Morgan fingerprint density at radius 3 is 2.60 bits per heavy atom. The molecule has 1 aliphatic rings. The Kier molecular flexibility index (Phi) is 7.35. The van der Waals surface area contributed by atoms with Gasteiger partial charge in [-0.25, -0.2) is 13.2 Å². The SMILES string of the molecule is CN=c1sc(N2CCCCC2C(=O)CCS(=O)(=O)c2ccc3cc(Cl)ccc3c2)c(C(=O)O)n1C. The molecule has 35 heavy (non-hydrogen) atoms. The monoisotopic (exact) mass is 535 g/mol. The summed E-state index contributed by atoms with van der Waals surface area (Å²) in [5.74, 6) is -1.61. The van der Waals surface area contributed by atoms with Crippen LogP contribution in [0.2, 0.25) is 5.02 Å². The molecule has 0 bridgehead atoms. The van der Waals surface area contributed by atoms with Gasteiger partial charge in [0, 0.05) is 32.1 Å². The summed E-state index contributed by atoms with van der Waals surface area (Å²) >= 11 is 7.24. The summed E-state index contributed by atoms with van der Waals surface area (Å²) in [6.07, 6.45) is 2.04. The van der Waals surface area contributed by atoms with E-state index in [0.717, 1.165) is 23.6 Å². The second kappa shape index (κ2) is 10.1. The van der Waals surface area contributed by atoms with Crippen LogP contribution in [0.5, 0.6) is 0 Å². The number of carbonyl (C=O) groups is 2. The van der Waals surface area contributed by atoms with Gasteiger partial charge in [-0.1, -0.05) is 35.1 Å². The Morgan fingerprint density at radius 1 is 1.17 bits per heavy atom. The van der Waals surface area contributed by atoms with Crippen molar-refractivity contribution >= 4 is 60.3 Å². The zero-order valence-electron chi connectivity index (χ0n) is 19.4. The van der Waals surface area contributed by atoms with Crippen molar-refractivity contribution in [2.75, 3.05) is 24.2 Å². The highest BCUT2D eigenvalue weighted by atomic mass is 35.5. The van der Waals surface area contributed by atoms with Crippen LogP contribution in [0.25, 0.3) is 10.8 Å².